The minimum atomic E-state index is 0.489. The van der Waals surface area contributed by atoms with E-state index in [2.05, 4.69) is 22.2 Å². The van der Waals surface area contributed by atoms with Gasteiger partial charge in [-0.25, -0.2) is 4.98 Å². The van der Waals surface area contributed by atoms with Crippen molar-refractivity contribution in [3.05, 3.63) is 22.8 Å². The predicted octanol–water partition coefficient (Wildman–Crippen LogP) is 3.33. The van der Waals surface area contributed by atoms with E-state index in [1.54, 1.807) is 12.3 Å². The Hall–Kier alpha value is -0.920. The number of hydrogen-bond acceptors (Lipinski definition) is 4. The summed E-state index contributed by atoms with van der Waals surface area (Å²) in [6.07, 6.45) is 7.38. The fraction of sp³-hybridized carbons (Fsp3) is 0.538. The Morgan fingerprint density at radius 2 is 2.33 bits per heavy atom. The van der Waals surface area contributed by atoms with Crippen LogP contribution >= 0.6 is 23.4 Å². The lowest BCUT2D eigenvalue weighted by atomic mass is 10.2. The maximum absolute atomic E-state index is 8.99. The first-order valence-electron chi connectivity index (χ1n) is 6.08. The second kappa shape index (κ2) is 6.31. The fourth-order valence-corrected chi connectivity index (χ4v) is 3.27. The number of halogens is 1. The maximum Gasteiger partial charge on any atom is 0.148 e. The molecular weight excluding hydrogens is 266 g/mol. The first-order valence-corrected chi connectivity index (χ1v) is 7.75. The molecule has 1 aromatic rings. The summed E-state index contributed by atoms with van der Waals surface area (Å²) in [4.78, 5) is 6.55. The van der Waals surface area contributed by atoms with E-state index < -0.39 is 0 Å². The molecule has 2 heterocycles. The molecule has 96 valence electrons. The van der Waals surface area contributed by atoms with Gasteiger partial charge in [0.05, 0.1) is 5.56 Å². The Labute approximate surface area is 117 Å². The van der Waals surface area contributed by atoms with Gasteiger partial charge in [-0.1, -0.05) is 11.6 Å². The van der Waals surface area contributed by atoms with E-state index in [0.717, 1.165) is 37.0 Å². The zero-order valence-electron chi connectivity index (χ0n) is 10.4. The summed E-state index contributed by atoms with van der Waals surface area (Å²) in [6, 6.07) is 3.77. The lowest BCUT2D eigenvalue weighted by Gasteiger charge is -2.22. The van der Waals surface area contributed by atoms with Gasteiger partial charge >= 0.3 is 0 Å². The van der Waals surface area contributed by atoms with E-state index in [9.17, 15) is 0 Å². The van der Waals surface area contributed by atoms with Crippen molar-refractivity contribution in [1.29, 1.82) is 5.26 Å². The minimum absolute atomic E-state index is 0.489. The van der Waals surface area contributed by atoms with Crippen LogP contribution in [0.5, 0.6) is 0 Å². The second-order valence-corrected chi connectivity index (χ2v) is 5.90. The third-order valence-electron chi connectivity index (χ3n) is 3.30. The Kier molecular flexibility index (Phi) is 4.73. The molecule has 1 aliphatic heterocycles. The first-order chi connectivity index (χ1) is 8.76. The molecular formula is C13H16ClN3S. The van der Waals surface area contributed by atoms with Gasteiger partial charge in [0, 0.05) is 24.5 Å². The number of nitrogens with zero attached hydrogens (tertiary/aromatic N) is 3. The smallest absolute Gasteiger partial charge is 0.148 e. The first kappa shape index (κ1) is 13.5. The molecule has 1 saturated heterocycles. The van der Waals surface area contributed by atoms with Gasteiger partial charge < -0.3 is 4.90 Å². The van der Waals surface area contributed by atoms with Crippen LogP contribution in [0.15, 0.2) is 12.3 Å². The largest absolute Gasteiger partial charge is 0.355 e. The molecule has 1 unspecified atom stereocenters. The van der Waals surface area contributed by atoms with Gasteiger partial charge in [-0.05, 0) is 31.6 Å². The molecule has 0 amide bonds. The minimum Gasteiger partial charge on any atom is -0.355 e. The summed E-state index contributed by atoms with van der Waals surface area (Å²) in [5.74, 6) is 0.762. The number of aromatic nitrogens is 1. The summed E-state index contributed by atoms with van der Waals surface area (Å²) in [5, 5.41) is 10.2. The fourth-order valence-electron chi connectivity index (χ4n) is 2.25. The highest BCUT2D eigenvalue weighted by Crippen LogP contribution is 2.29. The lowest BCUT2D eigenvalue weighted by molar-refractivity contribution is 0.745. The summed E-state index contributed by atoms with van der Waals surface area (Å²) >= 11 is 8.17. The van der Waals surface area contributed by atoms with Crippen LogP contribution in [0, 0.1) is 11.3 Å². The topological polar surface area (TPSA) is 39.9 Å². The van der Waals surface area contributed by atoms with E-state index in [0.29, 0.717) is 10.6 Å². The summed E-state index contributed by atoms with van der Waals surface area (Å²) in [5.41, 5.74) is 0.507. The molecule has 0 spiro atoms. The van der Waals surface area contributed by atoms with Crippen LogP contribution < -0.4 is 4.90 Å². The molecule has 0 saturated carbocycles. The van der Waals surface area contributed by atoms with E-state index in [1.807, 2.05) is 11.8 Å². The van der Waals surface area contributed by atoms with Crippen molar-refractivity contribution >= 4 is 29.2 Å². The number of nitriles is 1. The zero-order valence-corrected chi connectivity index (χ0v) is 12.0. The molecule has 0 aromatic carbocycles. The van der Waals surface area contributed by atoms with Crippen molar-refractivity contribution in [3.8, 4) is 6.07 Å². The highest BCUT2D eigenvalue weighted by molar-refractivity contribution is 7.99. The predicted molar refractivity (Wildman–Crippen MR) is 77.3 cm³/mol. The number of thioether (sulfide) groups is 1. The zero-order chi connectivity index (χ0) is 13.0. The van der Waals surface area contributed by atoms with Crippen molar-refractivity contribution in [3.63, 3.8) is 0 Å². The van der Waals surface area contributed by atoms with Gasteiger partial charge in [0.2, 0.25) is 0 Å². The molecule has 5 heteroatoms. The standard InChI is InChI=1S/C13H16ClN3S/c1-18-11-3-2-7-17(8-5-11)13-12(14)10(9-15)4-6-16-13/h4,6,11H,2-3,5,7-8H2,1H3. The number of anilines is 1. The summed E-state index contributed by atoms with van der Waals surface area (Å²) in [7, 11) is 0. The third kappa shape index (κ3) is 2.90. The van der Waals surface area contributed by atoms with Crippen molar-refractivity contribution in [2.45, 2.75) is 24.5 Å². The number of hydrogen-bond donors (Lipinski definition) is 0. The molecule has 1 aliphatic rings. The van der Waals surface area contributed by atoms with Crippen molar-refractivity contribution < 1.29 is 0 Å². The molecule has 0 aliphatic carbocycles. The molecule has 0 bridgehead atoms. The lowest BCUT2D eigenvalue weighted by Crippen LogP contribution is -2.25. The van der Waals surface area contributed by atoms with Crippen molar-refractivity contribution in [2.75, 3.05) is 24.2 Å². The van der Waals surface area contributed by atoms with Crippen LogP contribution in [-0.4, -0.2) is 29.6 Å². The van der Waals surface area contributed by atoms with E-state index >= 15 is 0 Å². The Morgan fingerprint density at radius 1 is 1.50 bits per heavy atom. The number of pyridine rings is 1. The molecule has 2 rings (SSSR count). The molecule has 18 heavy (non-hydrogen) atoms. The van der Waals surface area contributed by atoms with Gasteiger partial charge in [0.1, 0.15) is 16.9 Å². The van der Waals surface area contributed by atoms with E-state index in [-0.39, 0.29) is 0 Å². The average molecular weight is 282 g/mol. The monoisotopic (exact) mass is 281 g/mol. The second-order valence-electron chi connectivity index (χ2n) is 4.38. The van der Waals surface area contributed by atoms with Crippen LogP contribution in [0.1, 0.15) is 24.8 Å². The molecule has 0 radical (unpaired) electrons. The van der Waals surface area contributed by atoms with Gasteiger partial charge in [-0.3, -0.25) is 0 Å². The third-order valence-corrected chi connectivity index (χ3v) is 4.81. The number of rotatable bonds is 2. The van der Waals surface area contributed by atoms with Crippen LogP contribution in [-0.2, 0) is 0 Å². The van der Waals surface area contributed by atoms with Crippen LogP contribution in [0.25, 0.3) is 0 Å². The Bertz CT molecular complexity index is 458. The molecule has 3 nitrogen and oxygen atoms in total. The van der Waals surface area contributed by atoms with Gasteiger partial charge in [0.15, 0.2) is 0 Å². The van der Waals surface area contributed by atoms with Crippen molar-refractivity contribution in [1.82, 2.24) is 4.98 Å². The Balaban J connectivity index is 2.19. The van der Waals surface area contributed by atoms with Crippen molar-refractivity contribution in [2.24, 2.45) is 0 Å². The quantitative estimate of drug-likeness (QED) is 0.834. The summed E-state index contributed by atoms with van der Waals surface area (Å²) < 4.78 is 0. The highest BCUT2D eigenvalue weighted by Gasteiger charge is 2.20. The van der Waals surface area contributed by atoms with Gasteiger partial charge in [0.25, 0.3) is 0 Å². The molecule has 1 fully saturated rings. The molecule has 1 atom stereocenters. The van der Waals surface area contributed by atoms with Crippen LogP contribution in [0.2, 0.25) is 5.02 Å². The molecule has 0 N–H and O–H groups in total. The summed E-state index contributed by atoms with van der Waals surface area (Å²) in [6.45, 7) is 1.94. The average Bonchev–Trinajstić information content (AvgIpc) is 2.64. The normalized spacial score (nSPS) is 20.3. The maximum atomic E-state index is 8.99. The SMILES string of the molecule is CSC1CCCN(c2nccc(C#N)c2Cl)CC1. The van der Waals surface area contributed by atoms with E-state index in [1.165, 1.54) is 6.42 Å². The highest BCUT2D eigenvalue weighted by atomic mass is 35.5. The molecule has 1 aromatic heterocycles. The van der Waals surface area contributed by atoms with Crippen LogP contribution in [0.3, 0.4) is 0 Å². The van der Waals surface area contributed by atoms with Crippen LogP contribution in [0.4, 0.5) is 5.82 Å². The Morgan fingerprint density at radius 3 is 3.06 bits per heavy atom. The van der Waals surface area contributed by atoms with Gasteiger partial charge in [-0.15, -0.1) is 0 Å². The van der Waals surface area contributed by atoms with E-state index in [4.69, 9.17) is 16.9 Å². The van der Waals surface area contributed by atoms with Gasteiger partial charge in [-0.2, -0.15) is 17.0 Å².